The number of hydrogen-bond donors (Lipinski definition) is 4. The molecule has 0 aliphatic carbocycles. The van der Waals surface area contributed by atoms with E-state index < -0.39 is 5.56 Å². The van der Waals surface area contributed by atoms with Crippen molar-refractivity contribution in [1.82, 2.24) is 9.97 Å². The maximum absolute atomic E-state index is 11.8. The fraction of sp³-hybridized carbons (Fsp3) is 0.444. The standard InChI is InChI=1S/C9H13N5O2S/c10-2-4-1-5(15)14(3-4)7-6(11)8(16)13-9(17)12-7/h4H,1-3,10-11H2,(H2,12,13,16,17). The number of H-pyrrole nitrogens is 2. The minimum Gasteiger partial charge on any atom is -0.391 e. The molecule has 8 heteroatoms. The molecule has 1 aliphatic rings. The van der Waals surface area contributed by atoms with Gasteiger partial charge in [0.2, 0.25) is 5.91 Å². The molecule has 1 saturated heterocycles. The van der Waals surface area contributed by atoms with Gasteiger partial charge in [0.1, 0.15) is 11.5 Å². The van der Waals surface area contributed by atoms with Crippen molar-refractivity contribution in [3.05, 3.63) is 15.1 Å². The van der Waals surface area contributed by atoms with E-state index in [1.165, 1.54) is 4.90 Å². The molecule has 17 heavy (non-hydrogen) atoms. The third-order valence-electron chi connectivity index (χ3n) is 2.77. The number of hydrogen-bond acceptors (Lipinski definition) is 5. The van der Waals surface area contributed by atoms with E-state index in [1.807, 2.05) is 0 Å². The van der Waals surface area contributed by atoms with Crippen molar-refractivity contribution in [2.75, 3.05) is 23.7 Å². The smallest absolute Gasteiger partial charge is 0.277 e. The van der Waals surface area contributed by atoms with Crippen molar-refractivity contribution < 1.29 is 4.79 Å². The summed E-state index contributed by atoms with van der Waals surface area (Å²) in [5.74, 6) is 0.242. The highest BCUT2D eigenvalue weighted by molar-refractivity contribution is 7.71. The summed E-state index contributed by atoms with van der Waals surface area (Å²) in [7, 11) is 0. The van der Waals surface area contributed by atoms with Gasteiger partial charge in [-0.25, -0.2) is 0 Å². The van der Waals surface area contributed by atoms with Gasteiger partial charge in [0, 0.05) is 13.0 Å². The SMILES string of the molecule is NCC1CC(=O)N(c2[nH]c(=S)[nH]c(=O)c2N)C1. The summed E-state index contributed by atoms with van der Waals surface area (Å²) in [4.78, 5) is 29.7. The Morgan fingerprint density at radius 2 is 2.12 bits per heavy atom. The molecule has 2 rings (SSSR count). The van der Waals surface area contributed by atoms with Crippen LogP contribution in [0.2, 0.25) is 0 Å². The Kier molecular flexibility index (Phi) is 2.99. The average molecular weight is 255 g/mol. The second-order valence-corrected chi connectivity index (χ2v) is 4.39. The Labute approximate surface area is 102 Å². The lowest BCUT2D eigenvalue weighted by Gasteiger charge is -2.17. The van der Waals surface area contributed by atoms with E-state index in [0.29, 0.717) is 19.5 Å². The monoisotopic (exact) mass is 255 g/mol. The maximum atomic E-state index is 11.8. The third-order valence-corrected chi connectivity index (χ3v) is 2.97. The van der Waals surface area contributed by atoms with Gasteiger partial charge in [0.05, 0.1) is 0 Å². The van der Waals surface area contributed by atoms with Crippen molar-refractivity contribution in [3.8, 4) is 0 Å². The molecule has 92 valence electrons. The number of aromatic amines is 2. The largest absolute Gasteiger partial charge is 0.391 e. The molecule has 1 aromatic heterocycles. The van der Waals surface area contributed by atoms with E-state index in [4.69, 9.17) is 23.7 Å². The zero-order valence-corrected chi connectivity index (χ0v) is 9.84. The van der Waals surface area contributed by atoms with Crippen LogP contribution in [0.5, 0.6) is 0 Å². The number of nitrogens with one attached hydrogen (secondary N) is 2. The normalized spacial score (nSPS) is 19.9. The average Bonchev–Trinajstić information content (AvgIpc) is 2.65. The van der Waals surface area contributed by atoms with Crippen LogP contribution in [0, 0.1) is 10.7 Å². The molecule has 1 atom stereocenters. The van der Waals surface area contributed by atoms with Crippen LogP contribution in [0.25, 0.3) is 0 Å². The number of nitrogens with two attached hydrogens (primary N) is 2. The molecule has 6 N–H and O–H groups in total. The number of aromatic nitrogens is 2. The third kappa shape index (κ3) is 2.08. The highest BCUT2D eigenvalue weighted by Crippen LogP contribution is 2.25. The summed E-state index contributed by atoms with van der Waals surface area (Å²) in [6, 6.07) is 0. The second-order valence-electron chi connectivity index (χ2n) is 3.98. The number of nitrogens with zero attached hydrogens (tertiary/aromatic N) is 1. The molecule has 2 heterocycles. The molecule has 0 radical (unpaired) electrons. The van der Waals surface area contributed by atoms with Gasteiger partial charge >= 0.3 is 0 Å². The molecular weight excluding hydrogens is 242 g/mol. The first-order valence-corrected chi connectivity index (χ1v) is 5.56. The van der Waals surface area contributed by atoms with Crippen molar-refractivity contribution in [3.63, 3.8) is 0 Å². The van der Waals surface area contributed by atoms with Crippen LogP contribution in [0.15, 0.2) is 4.79 Å². The van der Waals surface area contributed by atoms with E-state index >= 15 is 0 Å². The molecule has 1 aliphatic heterocycles. The van der Waals surface area contributed by atoms with Gasteiger partial charge in [-0.2, -0.15) is 0 Å². The molecule has 0 saturated carbocycles. The summed E-state index contributed by atoms with van der Waals surface area (Å²) in [6.07, 6.45) is 0.364. The van der Waals surface area contributed by atoms with Gasteiger partial charge in [-0.15, -0.1) is 0 Å². The topological polar surface area (TPSA) is 121 Å². The van der Waals surface area contributed by atoms with Gasteiger partial charge in [0.25, 0.3) is 5.56 Å². The first-order valence-electron chi connectivity index (χ1n) is 5.15. The minimum atomic E-state index is -0.493. The lowest BCUT2D eigenvalue weighted by molar-refractivity contribution is -0.117. The summed E-state index contributed by atoms with van der Waals surface area (Å²) in [5.41, 5.74) is 10.6. The molecule has 0 spiro atoms. The number of anilines is 2. The Bertz CT molecular complexity index is 563. The van der Waals surface area contributed by atoms with Crippen molar-refractivity contribution in [2.24, 2.45) is 11.7 Å². The van der Waals surface area contributed by atoms with Crippen molar-refractivity contribution in [2.45, 2.75) is 6.42 Å². The molecule has 0 bridgehead atoms. The summed E-state index contributed by atoms with van der Waals surface area (Å²) >= 11 is 4.85. The van der Waals surface area contributed by atoms with Crippen molar-refractivity contribution in [1.29, 1.82) is 0 Å². The van der Waals surface area contributed by atoms with Gasteiger partial charge in [-0.05, 0) is 24.7 Å². The summed E-state index contributed by atoms with van der Waals surface area (Å²) in [6.45, 7) is 0.875. The number of carbonyl (C=O) groups excluding carboxylic acids is 1. The maximum Gasteiger partial charge on any atom is 0.277 e. The molecule has 7 nitrogen and oxygen atoms in total. The fourth-order valence-electron chi connectivity index (χ4n) is 1.85. The van der Waals surface area contributed by atoms with Crippen LogP contribution in [-0.4, -0.2) is 29.0 Å². The number of nitrogen functional groups attached to an aromatic ring is 1. The fourth-order valence-corrected chi connectivity index (χ4v) is 2.04. The Hall–Kier alpha value is -1.67. The predicted octanol–water partition coefficient (Wildman–Crippen LogP) is -0.674. The molecule has 1 fully saturated rings. The van der Waals surface area contributed by atoms with Gasteiger partial charge < -0.3 is 16.5 Å². The first kappa shape index (κ1) is 11.8. The van der Waals surface area contributed by atoms with E-state index in [2.05, 4.69) is 9.97 Å². The lowest BCUT2D eigenvalue weighted by atomic mass is 10.1. The molecule has 1 aromatic rings. The highest BCUT2D eigenvalue weighted by atomic mass is 32.1. The molecule has 1 amide bonds. The van der Waals surface area contributed by atoms with Gasteiger partial charge in [-0.1, -0.05) is 0 Å². The van der Waals surface area contributed by atoms with Gasteiger partial charge in [-0.3, -0.25) is 19.5 Å². The summed E-state index contributed by atoms with van der Waals surface area (Å²) < 4.78 is 0.142. The van der Waals surface area contributed by atoms with Crippen LogP contribution in [-0.2, 0) is 4.79 Å². The lowest BCUT2D eigenvalue weighted by Crippen LogP contribution is -2.30. The van der Waals surface area contributed by atoms with Crippen LogP contribution >= 0.6 is 12.2 Å². The van der Waals surface area contributed by atoms with Gasteiger partial charge in [0.15, 0.2) is 4.77 Å². The van der Waals surface area contributed by atoms with Crippen LogP contribution in [0.1, 0.15) is 6.42 Å². The number of carbonyl (C=O) groups is 1. The molecular formula is C9H13N5O2S. The minimum absolute atomic E-state index is 0.0374. The summed E-state index contributed by atoms with van der Waals surface area (Å²) in [5, 5.41) is 0. The van der Waals surface area contributed by atoms with Crippen molar-refractivity contribution >= 4 is 29.6 Å². The zero-order chi connectivity index (χ0) is 12.6. The van der Waals surface area contributed by atoms with Crippen LogP contribution < -0.4 is 21.9 Å². The molecule has 1 unspecified atom stereocenters. The predicted molar refractivity (Wildman–Crippen MR) is 66.2 cm³/mol. The van der Waals surface area contributed by atoms with E-state index in [-0.39, 0.29) is 28.1 Å². The zero-order valence-electron chi connectivity index (χ0n) is 9.03. The Morgan fingerprint density at radius 3 is 2.71 bits per heavy atom. The Balaban J connectivity index is 2.45. The molecule has 0 aromatic carbocycles. The van der Waals surface area contributed by atoms with E-state index in [1.54, 1.807) is 0 Å². The van der Waals surface area contributed by atoms with E-state index in [9.17, 15) is 9.59 Å². The number of amides is 1. The quantitative estimate of drug-likeness (QED) is 0.522. The first-order chi connectivity index (χ1) is 8.02. The van der Waals surface area contributed by atoms with Crippen LogP contribution in [0.3, 0.4) is 0 Å². The highest BCUT2D eigenvalue weighted by Gasteiger charge is 2.31. The number of rotatable bonds is 2. The van der Waals surface area contributed by atoms with E-state index in [0.717, 1.165) is 0 Å². The Morgan fingerprint density at radius 1 is 1.41 bits per heavy atom. The van der Waals surface area contributed by atoms with Crippen LogP contribution in [0.4, 0.5) is 11.5 Å². The second kappa shape index (κ2) is 4.30.